The molecule has 0 spiro atoms. The highest BCUT2D eigenvalue weighted by Crippen LogP contribution is 2.23. The third-order valence-corrected chi connectivity index (χ3v) is 5.28. The van der Waals surface area contributed by atoms with Gasteiger partial charge in [0, 0.05) is 28.5 Å². The Kier molecular flexibility index (Phi) is 11.6. The van der Waals surface area contributed by atoms with Gasteiger partial charge in [0.15, 0.2) is 0 Å². The Morgan fingerprint density at radius 3 is 2.35 bits per heavy atom. The van der Waals surface area contributed by atoms with Crippen LogP contribution in [0.3, 0.4) is 0 Å². The number of nitrogens with zero attached hydrogens (tertiary/aromatic N) is 2. The van der Waals surface area contributed by atoms with Gasteiger partial charge in [-0.05, 0) is 96.5 Å². The largest absolute Gasteiger partial charge is 0.465 e. The number of hydrogen-bond donors (Lipinski definition) is 3. The van der Waals surface area contributed by atoms with Crippen LogP contribution >= 0.6 is 0 Å². The summed E-state index contributed by atoms with van der Waals surface area (Å²) in [6, 6.07) is 12.3. The van der Waals surface area contributed by atoms with E-state index >= 15 is 0 Å². The van der Waals surface area contributed by atoms with E-state index in [4.69, 9.17) is 15.2 Å². The topological polar surface area (TPSA) is 135 Å². The Morgan fingerprint density at radius 1 is 1.10 bits per heavy atom. The summed E-state index contributed by atoms with van der Waals surface area (Å²) >= 11 is 0. The summed E-state index contributed by atoms with van der Waals surface area (Å²) in [7, 11) is 0. The number of anilines is 2. The Bertz CT molecular complexity index is 1280. The molecule has 40 heavy (non-hydrogen) atoms. The van der Waals surface area contributed by atoms with E-state index in [1.165, 1.54) is 0 Å². The second kappa shape index (κ2) is 14.6. The molecule has 4 N–H and O–H groups in total. The molecule has 2 aromatic carbocycles. The zero-order valence-corrected chi connectivity index (χ0v) is 24.3. The van der Waals surface area contributed by atoms with Crippen LogP contribution in [0.5, 0.6) is 0 Å². The second-order valence-electron chi connectivity index (χ2n) is 10.1. The first kappa shape index (κ1) is 31.7. The zero-order chi connectivity index (χ0) is 29.9. The van der Waals surface area contributed by atoms with Crippen molar-refractivity contribution in [2.45, 2.75) is 60.1 Å². The normalized spacial score (nSPS) is 11.2. The van der Waals surface area contributed by atoms with Gasteiger partial charge in [-0.3, -0.25) is 9.69 Å². The van der Waals surface area contributed by atoms with Gasteiger partial charge < -0.3 is 25.8 Å². The van der Waals surface area contributed by atoms with Crippen LogP contribution in [-0.2, 0) is 14.3 Å². The number of aliphatic imine (C=N–C) groups is 1. The molecular weight excluding hydrogens is 510 g/mol. The predicted octanol–water partition coefficient (Wildman–Crippen LogP) is 4.59. The van der Waals surface area contributed by atoms with Crippen molar-refractivity contribution < 1.29 is 23.9 Å². The number of amides is 3. The fourth-order valence-electron chi connectivity index (χ4n) is 3.57. The lowest BCUT2D eigenvalue weighted by Gasteiger charge is -2.28. The number of urea groups is 1. The van der Waals surface area contributed by atoms with Crippen LogP contribution in [0.2, 0.25) is 0 Å². The number of nitrogens with one attached hydrogen (secondary N) is 2. The maximum absolute atomic E-state index is 12.8. The molecule has 0 aliphatic carbocycles. The van der Waals surface area contributed by atoms with Gasteiger partial charge in [-0.15, -0.1) is 0 Å². The number of ether oxygens (including phenoxy) is 2. The van der Waals surface area contributed by atoms with Crippen LogP contribution in [0.25, 0.3) is 0 Å². The van der Waals surface area contributed by atoms with Crippen molar-refractivity contribution in [1.82, 2.24) is 5.32 Å². The van der Waals surface area contributed by atoms with E-state index in [2.05, 4.69) is 27.5 Å². The van der Waals surface area contributed by atoms with Crippen LogP contribution in [-0.4, -0.2) is 55.3 Å². The number of nitrogens with two attached hydrogens (primary N) is 1. The van der Waals surface area contributed by atoms with E-state index in [1.54, 1.807) is 44.7 Å². The molecule has 214 valence electrons. The average molecular weight is 550 g/mol. The third kappa shape index (κ3) is 10.3. The van der Waals surface area contributed by atoms with E-state index in [0.29, 0.717) is 12.1 Å². The maximum Gasteiger partial charge on any atom is 0.436 e. The number of benzene rings is 2. The van der Waals surface area contributed by atoms with Gasteiger partial charge in [-0.25, -0.2) is 9.59 Å². The van der Waals surface area contributed by atoms with E-state index in [1.807, 2.05) is 51.1 Å². The standard InChI is InChI=1S/C30H39N5O5/c1-8-39-26(36)19-33-28(37)35(20(2)3)25-16-11-22(18-21(25)4)10-9-17-32-24-14-12-23(13-15-24)27(31)34-29(38)40-30(5,6)7/h11-16,18,20,32H,8,17,19H2,1-7H3,(H,33,37)(H2,31,34,38). The minimum Gasteiger partial charge on any atom is -0.465 e. The van der Waals surface area contributed by atoms with E-state index in [9.17, 15) is 14.4 Å². The molecule has 3 amide bonds. The molecule has 0 saturated carbocycles. The number of carbonyl (C=O) groups is 3. The van der Waals surface area contributed by atoms with Crippen molar-refractivity contribution in [3.63, 3.8) is 0 Å². The van der Waals surface area contributed by atoms with Crippen molar-refractivity contribution >= 4 is 35.3 Å². The lowest BCUT2D eigenvalue weighted by atomic mass is 10.1. The molecule has 0 bridgehead atoms. The van der Waals surface area contributed by atoms with Crippen LogP contribution in [0, 0.1) is 18.8 Å². The molecule has 0 heterocycles. The van der Waals surface area contributed by atoms with Crippen LogP contribution in [0.4, 0.5) is 21.0 Å². The summed E-state index contributed by atoms with van der Waals surface area (Å²) in [6.45, 7) is 13.2. The monoisotopic (exact) mass is 549 g/mol. The van der Waals surface area contributed by atoms with Crippen molar-refractivity contribution in [2.24, 2.45) is 10.7 Å². The SMILES string of the molecule is CCOC(=O)CNC(=O)N(c1ccc(C#CCNc2ccc(/C(N)=N\C(=O)OC(C)(C)C)cc2)cc1C)C(C)C. The lowest BCUT2D eigenvalue weighted by Crippen LogP contribution is -2.46. The molecule has 0 fully saturated rings. The highest BCUT2D eigenvalue weighted by Gasteiger charge is 2.21. The molecule has 0 radical (unpaired) electrons. The van der Waals surface area contributed by atoms with Gasteiger partial charge in [0.1, 0.15) is 18.0 Å². The van der Waals surface area contributed by atoms with E-state index < -0.39 is 17.7 Å². The molecule has 2 rings (SSSR count). The first-order valence-corrected chi connectivity index (χ1v) is 13.0. The molecule has 0 aliphatic rings. The van der Waals surface area contributed by atoms with Gasteiger partial charge in [-0.1, -0.05) is 11.8 Å². The lowest BCUT2D eigenvalue weighted by molar-refractivity contribution is -0.141. The minimum absolute atomic E-state index is 0.0759. The summed E-state index contributed by atoms with van der Waals surface area (Å²) in [5, 5.41) is 5.83. The highest BCUT2D eigenvalue weighted by molar-refractivity contribution is 6.03. The Balaban J connectivity index is 1.99. The van der Waals surface area contributed by atoms with Gasteiger partial charge in [0.25, 0.3) is 0 Å². The van der Waals surface area contributed by atoms with Crippen molar-refractivity contribution in [3.05, 3.63) is 59.2 Å². The number of esters is 1. The predicted molar refractivity (Wildman–Crippen MR) is 158 cm³/mol. The molecule has 2 aromatic rings. The summed E-state index contributed by atoms with van der Waals surface area (Å²) in [5.74, 6) is 5.80. The average Bonchev–Trinajstić information content (AvgIpc) is 2.86. The Morgan fingerprint density at radius 2 is 1.77 bits per heavy atom. The Hall–Kier alpha value is -4.52. The van der Waals surface area contributed by atoms with Gasteiger partial charge in [0.05, 0.1) is 13.2 Å². The molecule has 10 heteroatoms. The molecule has 0 unspecified atom stereocenters. The van der Waals surface area contributed by atoms with Crippen LogP contribution < -0.4 is 21.3 Å². The van der Waals surface area contributed by atoms with Crippen molar-refractivity contribution in [1.29, 1.82) is 0 Å². The molecule has 0 saturated heterocycles. The fourth-order valence-corrected chi connectivity index (χ4v) is 3.57. The smallest absolute Gasteiger partial charge is 0.436 e. The van der Waals surface area contributed by atoms with E-state index in [0.717, 1.165) is 22.5 Å². The van der Waals surface area contributed by atoms with Gasteiger partial charge >= 0.3 is 18.1 Å². The van der Waals surface area contributed by atoms with Crippen LogP contribution in [0.1, 0.15) is 58.2 Å². The molecule has 0 aromatic heterocycles. The van der Waals surface area contributed by atoms with Crippen molar-refractivity contribution in [3.8, 4) is 11.8 Å². The number of carbonyl (C=O) groups excluding carboxylic acids is 3. The molecule has 0 aliphatic heterocycles. The van der Waals surface area contributed by atoms with Gasteiger partial charge in [0.2, 0.25) is 0 Å². The number of rotatable bonds is 8. The summed E-state index contributed by atoms with van der Waals surface area (Å²) < 4.78 is 10.0. The minimum atomic E-state index is -0.736. The number of hydrogen-bond acceptors (Lipinski definition) is 6. The van der Waals surface area contributed by atoms with Gasteiger partial charge in [-0.2, -0.15) is 4.99 Å². The maximum atomic E-state index is 12.8. The van der Waals surface area contributed by atoms with Crippen LogP contribution in [0.15, 0.2) is 47.5 Å². The highest BCUT2D eigenvalue weighted by atomic mass is 16.6. The third-order valence-electron chi connectivity index (χ3n) is 5.28. The van der Waals surface area contributed by atoms with Crippen molar-refractivity contribution in [2.75, 3.05) is 29.9 Å². The summed E-state index contributed by atoms with van der Waals surface area (Å²) in [5.41, 5.74) is 9.12. The Labute approximate surface area is 236 Å². The summed E-state index contributed by atoms with van der Waals surface area (Å²) in [6.07, 6.45) is -0.736. The fraction of sp³-hybridized carbons (Fsp3) is 0.400. The first-order valence-electron chi connectivity index (χ1n) is 13.0. The molecular formula is C30H39N5O5. The quantitative estimate of drug-likeness (QED) is 0.190. The zero-order valence-electron chi connectivity index (χ0n) is 24.3. The molecule has 0 atom stereocenters. The number of amidine groups is 1. The first-order chi connectivity index (χ1) is 18.8. The van der Waals surface area contributed by atoms with E-state index in [-0.39, 0.29) is 31.1 Å². The molecule has 10 nitrogen and oxygen atoms in total. The summed E-state index contributed by atoms with van der Waals surface area (Å²) in [4.78, 5) is 41.6. The second-order valence-corrected chi connectivity index (χ2v) is 10.1. The number of aryl methyl sites for hydroxylation is 1.